The smallest absolute Gasteiger partial charge is 0.168 e. The second-order valence-corrected chi connectivity index (χ2v) is 4.30. The molecule has 0 aliphatic carbocycles. The molecular weight excluding hydrogens is 240 g/mol. The van der Waals surface area contributed by atoms with Gasteiger partial charge in [-0.1, -0.05) is 6.07 Å². The molecule has 4 rings (SSSR count). The lowest BCUT2D eigenvalue weighted by Gasteiger charge is -2.03. The first-order valence-electron chi connectivity index (χ1n) is 5.85. The number of hydrogen-bond donors (Lipinski definition) is 2. The van der Waals surface area contributed by atoms with Crippen molar-refractivity contribution in [1.82, 2.24) is 24.7 Å². The number of benzene rings is 1. The van der Waals surface area contributed by atoms with E-state index in [4.69, 9.17) is 5.73 Å². The van der Waals surface area contributed by atoms with Crippen LogP contribution in [-0.4, -0.2) is 24.7 Å². The molecule has 0 amide bonds. The van der Waals surface area contributed by atoms with Crippen LogP contribution in [0.3, 0.4) is 0 Å². The molecule has 0 aliphatic heterocycles. The first kappa shape index (κ1) is 10.1. The van der Waals surface area contributed by atoms with Crippen molar-refractivity contribution in [2.24, 2.45) is 0 Å². The number of hydrogen-bond acceptors (Lipinski definition) is 4. The molecule has 0 radical (unpaired) electrons. The van der Waals surface area contributed by atoms with Gasteiger partial charge in [-0.2, -0.15) is 5.10 Å². The standard InChI is InChI=1S/C13H10N6/c14-12-10-6-18-19(13(10)17-7-16-12)9-2-1-8-3-4-15-11(8)5-9/h1-7,15H,(H2,14,16,17). The van der Waals surface area contributed by atoms with Crippen molar-refractivity contribution in [3.63, 3.8) is 0 Å². The van der Waals surface area contributed by atoms with E-state index in [9.17, 15) is 0 Å². The van der Waals surface area contributed by atoms with Gasteiger partial charge in [0, 0.05) is 11.7 Å². The summed E-state index contributed by atoms with van der Waals surface area (Å²) in [5.41, 5.74) is 8.51. The highest BCUT2D eigenvalue weighted by atomic mass is 15.3. The number of aromatic nitrogens is 5. The van der Waals surface area contributed by atoms with Gasteiger partial charge in [-0.25, -0.2) is 14.6 Å². The van der Waals surface area contributed by atoms with Gasteiger partial charge in [0.2, 0.25) is 0 Å². The van der Waals surface area contributed by atoms with Crippen molar-refractivity contribution in [1.29, 1.82) is 0 Å². The van der Waals surface area contributed by atoms with Gasteiger partial charge in [0.05, 0.1) is 17.3 Å². The molecule has 3 heterocycles. The highest BCUT2D eigenvalue weighted by Gasteiger charge is 2.09. The fourth-order valence-corrected chi connectivity index (χ4v) is 2.22. The van der Waals surface area contributed by atoms with Gasteiger partial charge in [-0.05, 0) is 23.6 Å². The number of nitrogen functional groups attached to an aromatic ring is 1. The minimum absolute atomic E-state index is 0.442. The summed E-state index contributed by atoms with van der Waals surface area (Å²) in [5, 5.41) is 6.26. The van der Waals surface area contributed by atoms with Crippen LogP contribution in [0, 0.1) is 0 Å². The molecular formula is C13H10N6. The Kier molecular flexibility index (Phi) is 1.88. The Bertz CT molecular complexity index is 888. The minimum atomic E-state index is 0.442. The lowest BCUT2D eigenvalue weighted by atomic mass is 10.2. The van der Waals surface area contributed by atoms with Crippen LogP contribution in [0.1, 0.15) is 0 Å². The number of nitrogens with one attached hydrogen (secondary N) is 1. The SMILES string of the molecule is Nc1ncnc2c1cnn2-c1ccc2cc[nH]c2c1. The van der Waals surface area contributed by atoms with Crippen LogP contribution in [0.2, 0.25) is 0 Å². The number of fused-ring (bicyclic) bond motifs is 2. The maximum Gasteiger partial charge on any atom is 0.168 e. The van der Waals surface area contributed by atoms with E-state index in [1.54, 1.807) is 10.9 Å². The van der Waals surface area contributed by atoms with Gasteiger partial charge in [-0.15, -0.1) is 0 Å². The third-order valence-corrected chi connectivity index (χ3v) is 3.18. The van der Waals surface area contributed by atoms with Crippen LogP contribution in [0.25, 0.3) is 27.6 Å². The van der Waals surface area contributed by atoms with Crippen molar-refractivity contribution in [2.75, 3.05) is 5.73 Å². The molecule has 0 aliphatic rings. The molecule has 19 heavy (non-hydrogen) atoms. The van der Waals surface area contributed by atoms with E-state index in [2.05, 4.69) is 20.1 Å². The third kappa shape index (κ3) is 1.40. The summed E-state index contributed by atoms with van der Waals surface area (Å²) in [6, 6.07) is 8.10. The van der Waals surface area contributed by atoms with Gasteiger partial charge in [0.1, 0.15) is 12.1 Å². The summed E-state index contributed by atoms with van der Waals surface area (Å²) in [4.78, 5) is 11.4. The van der Waals surface area contributed by atoms with Crippen LogP contribution in [-0.2, 0) is 0 Å². The third-order valence-electron chi connectivity index (χ3n) is 3.18. The Balaban J connectivity index is 2.00. The zero-order valence-electron chi connectivity index (χ0n) is 9.91. The number of anilines is 1. The van der Waals surface area contributed by atoms with E-state index in [1.165, 1.54) is 6.33 Å². The average molecular weight is 250 g/mol. The molecule has 3 aromatic heterocycles. The fourth-order valence-electron chi connectivity index (χ4n) is 2.22. The zero-order valence-corrected chi connectivity index (χ0v) is 9.91. The lowest BCUT2D eigenvalue weighted by molar-refractivity contribution is 0.896. The highest BCUT2D eigenvalue weighted by Crippen LogP contribution is 2.22. The molecule has 3 N–H and O–H groups in total. The zero-order chi connectivity index (χ0) is 12.8. The molecule has 0 bridgehead atoms. The normalized spacial score (nSPS) is 11.4. The van der Waals surface area contributed by atoms with E-state index in [1.807, 2.05) is 30.5 Å². The lowest BCUT2D eigenvalue weighted by Crippen LogP contribution is -1.98. The topological polar surface area (TPSA) is 85.4 Å². The molecule has 0 fully saturated rings. The Morgan fingerprint density at radius 3 is 3.05 bits per heavy atom. The number of H-pyrrole nitrogens is 1. The molecule has 92 valence electrons. The van der Waals surface area contributed by atoms with Gasteiger partial charge >= 0.3 is 0 Å². The molecule has 0 spiro atoms. The molecule has 6 nitrogen and oxygen atoms in total. The van der Waals surface area contributed by atoms with Crippen molar-refractivity contribution in [3.8, 4) is 5.69 Å². The summed E-state index contributed by atoms with van der Waals surface area (Å²) < 4.78 is 1.76. The van der Waals surface area contributed by atoms with Crippen molar-refractivity contribution in [2.45, 2.75) is 0 Å². The van der Waals surface area contributed by atoms with Crippen molar-refractivity contribution < 1.29 is 0 Å². The first-order valence-corrected chi connectivity index (χ1v) is 5.85. The maximum atomic E-state index is 5.81. The number of aromatic amines is 1. The quantitative estimate of drug-likeness (QED) is 0.540. The predicted molar refractivity (Wildman–Crippen MR) is 72.9 cm³/mol. The second kappa shape index (κ2) is 3.55. The second-order valence-electron chi connectivity index (χ2n) is 4.30. The van der Waals surface area contributed by atoms with Gasteiger partial charge in [0.15, 0.2) is 5.65 Å². The van der Waals surface area contributed by atoms with E-state index in [-0.39, 0.29) is 0 Å². The Labute approximate surface area is 107 Å². The summed E-state index contributed by atoms with van der Waals surface area (Å²) in [7, 11) is 0. The summed E-state index contributed by atoms with van der Waals surface area (Å²) in [6.07, 6.45) is 5.04. The molecule has 0 saturated heterocycles. The Morgan fingerprint density at radius 2 is 2.11 bits per heavy atom. The Morgan fingerprint density at radius 1 is 1.16 bits per heavy atom. The van der Waals surface area contributed by atoms with E-state index in [0.717, 1.165) is 22.0 Å². The average Bonchev–Trinajstić information content (AvgIpc) is 3.04. The van der Waals surface area contributed by atoms with E-state index in [0.29, 0.717) is 11.5 Å². The van der Waals surface area contributed by atoms with Gasteiger partial charge < -0.3 is 10.7 Å². The first-order chi connectivity index (χ1) is 9.33. The van der Waals surface area contributed by atoms with Gasteiger partial charge in [-0.3, -0.25) is 0 Å². The van der Waals surface area contributed by atoms with Crippen LogP contribution < -0.4 is 5.73 Å². The number of nitrogens with zero attached hydrogens (tertiary/aromatic N) is 4. The molecule has 0 unspecified atom stereocenters. The van der Waals surface area contributed by atoms with Gasteiger partial charge in [0.25, 0.3) is 0 Å². The molecule has 1 aromatic carbocycles. The molecule has 6 heteroatoms. The number of rotatable bonds is 1. The molecule has 0 atom stereocenters. The fraction of sp³-hybridized carbons (Fsp3) is 0. The summed E-state index contributed by atoms with van der Waals surface area (Å²) in [6.45, 7) is 0. The minimum Gasteiger partial charge on any atom is -0.383 e. The predicted octanol–water partition coefficient (Wildman–Crippen LogP) is 1.88. The molecule has 0 saturated carbocycles. The summed E-state index contributed by atoms with van der Waals surface area (Å²) in [5.74, 6) is 0.442. The monoisotopic (exact) mass is 250 g/mol. The van der Waals surface area contributed by atoms with Crippen molar-refractivity contribution in [3.05, 3.63) is 43.0 Å². The van der Waals surface area contributed by atoms with Crippen LogP contribution in [0.5, 0.6) is 0 Å². The Hall–Kier alpha value is -2.89. The molecule has 4 aromatic rings. The summed E-state index contributed by atoms with van der Waals surface area (Å²) >= 11 is 0. The van der Waals surface area contributed by atoms with Crippen LogP contribution >= 0.6 is 0 Å². The van der Waals surface area contributed by atoms with E-state index < -0.39 is 0 Å². The van der Waals surface area contributed by atoms with Crippen LogP contribution in [0.15, 0.2) is 43.0 Å². The highest BCUT2D eigenvalue weighted by molar-refractivity contribution is 5.87. The van der Waals surface area contributed by atoms with Crippen molar-refractivity contribution >= 4 is 27.8 Å². The number of nitrogens with two attached hydrogens (primary N) is 1. The van der Waals surface area contributed by atoms with Crippen LogP contribution in [0.4, 0.5) is 5.82 Å². The maximum absolute atomic E-state index is 5.81. The largest absolute Gasteiger partial charge is 0.383 e. The van der Waals surface area contributed by atoms with E-state index >= 15 is 0 Å².